The van der Waals surface area contributed by atoms with Crippen molar-refractivity contribution in [2.75, 3.05) is 6.61 Å². The van der Waals surface area contributed by atoms with Crippen LogP contribution in [0.2, 0.25) is 10.0 Å². The zero-order valence-corrected chi connectivity index (χ0v) is 19.4. The third-order valence-electron chi connectivity index (χ3n) is 5.34. The van der Waals surface area contributed by atoms with Gasteiger partial charge >= 0.3 is 11.9 Å². The Balaban J connectivity index is 2.55. The zero-order valence-electron chi connectivity index (χ0n) is 17.9. The molecule has 1 aromatic rings. The molecule has 1 aromatic carbocycles. The number of esters is 2. The summed E-state index contributed by atoms with van der Waals surface area (Å²) in [6.45, 7) is 6.09. The number of halogens is 2. The Labute approximate surface area is 185 Å². The lowest BCUT2D eigenvalue weighted by atomic mass is 9.82. The summed E-state index contributed by atoms with van der Waals surface area (Å²) in [5.74, 6) is -1.05. The van der Waals surface area contributed by atoms with Gasteiger partial charge in [-0.3, -0.25) is 9.59 Å². The molecule has 0 unspecified atom stereocenters. The van der Waals surface area contributed by atoms with E-state index in [1.165, 1.54) is 32.1 Å². The fourth-order valence-electron chi connectivity index (χ4n) is 3.21. The summed E-state index contributed by atoms with van der Waals surface area (Å²) in [5.41, 5.74) is -1.34. The van der Waals surface area contributed by atoms with E-state index in [1.807, 2.05) is 0 Å². The highest BCUT2D eigenvalue weighted by Gasteiger charge is 2.46. The molecule has 0 atom stereocenters. The van der Waals surface area contributed by atoms with E-state index in [9.17, 15) is 9.59 Å². The Morgan fingerprint density at radius 3 is 2.03 bits per heavy atom. The lowest BCUT2D eigenvalue weighted by Crippen LogP contribution is -2.42. The molecule has 1 rings (SSSR count). The number of rotatable bonds is 14. The maximum absolute atomic E-state index is 12.8. The van der Waals surface area contributed by atoms with Gasteiger partial charge in [-0.25, -0.2) is 0 Å². The maximum Gasteiger partial charge on any atom is 0.328 e. The molecule has 0 aliphatic rings. The highest BCUT2D eigenvalue weighted by molar-refractivity contribution is 6.43. The SMILES string of the molecule is CCCCCCCCCCOC(=O)C(CC)(CC)C(=O)Oc1cccc(Cl)c1Cl. The van der Waals surface area contributed by atoms with E-state index in [-0.39, 0.29) is 28.6 Å². The van der Waals surface area contributed by atoms with Crippen molar-refractivity contribution in [2.24, 2.45) is 5.41 Å². The Morgan fingerprint density at radius 2 is 1.45 bits per heavy atom. The average Bonchev–Trinajstić information content (AvgIpc) is 2.71. The molecule has 0 aliphatic carbocycles. The molecule has 0 aromatic heterocycles. The van der Waals surface area contributed by atoms with E-state index in [1.54, 1.807) is 32.0 Å². The van der Waals surface area contributed by atoms with Crippen LogP contribution in [0.15, 0.2) is 18.2 Å². The van der Waals surface area contributed by atoms with Gasteiger partial charge in [0.15, 0.2) is 11.2 Å². The first-order valence-electron chi connectivity index (χ1n) is 10.8. The molecular formula is C23H34Cl2O4. The van der Waals surface area contributed by atoms with Gasteiger partial charge in [0.1, 0.15) is 5.02 Å². The minimum atomic E-state index is -1.34. The molecule has 0 N–H and O–H groups in total. The second-order valence-electron chi connectivity index (χ2n) is 7.34. The van der Waals surface area contributed by atoms with Crippen molar-refractivity contribution in [2.45, 2.75) is 85.0 Å². The normalized spacial score (nSPS) is 11.3. The average molecular weight is 445 g/mol. The third kappa shape index (κ3) is 7.82. The monoisotopic (exact) mass is 444 g/mol. The molecule has 0 bridgehead atoms. The van der Waals surface area contributed by atoms with Crippen molar-refractivity contribution in [1.82, 2.24) is 0 Å². The van der Waals surface area contributed by atoms with Gasteiger partial charge < -0.3 is 9.47 Å². The number of hydrogen-bond acceptors (Lipinski definition) is 4. The second-order valence-corrected chi connectivity index (χ2v) is 8.13. The number of unbranched alkanes of at least 4 members (excludes halogenated alkanes) is 7. The summed E-state index contributed by atoms with van der Waals surface area (Å²) in [5, 5.41) is 0.434. The Bertz CT molecular complexity index is 642. The van der Waals surface area contributed by atoms with Crippen LogP contribution in [0.4, 0.5) is 0 Å². The van der Waals surface area contributed by atoms with E-state index in [0.29, 0.717) is 6.61 Å². The van der Waals surface area contributed by atoms with Gasteiger partial charge in [-0.1, -0.05) is 95.0 Å². The summed E-state index contributed by atoms with van der Waals surface area (Å²) in [6.07, 6.45) is 9.86. The molecule has 0 saturated heterocycles. The summed E-state index contributed by atoms with van der Waals surface area (Å²) in [6, 6.07) is 4.79. The lowest BCUT2D eigenvalue weighted by molar-refractivity contribution is -0.168. The van der Waals surface area contributed by atoms with Crippen LogP contribution in [-0.4, -0.2) is 18.5 Å². The third-order valence-corrected chi connectivity index (χ3v) is 6.14. The van der Waals surface area contributed by atoms with Crippen molar-refractivity contribution in [1.29, 1.82) is 0 Å². The van der Waals surface area contributed by atoms with Gasteiger partial charge in [0, 0.05) is 0 Å². The topological polar surface area (TPSA) is 52.6 Å². The van der Waals surface area contributed by atoms with Crippen LogP contribution in [0, 0.1) is 5.41 Å². The molecule has 164 valence electrons. The van der Waals surface area contributed by atoms with E-state index in [0.717, 1.165) is 19.3 Å². The van der Waals surface area contributed by atoms with Crippen LogP contribution in [0.3, 0.4) is 0 Å². The lowest BCUT2D eigenvalue weighted by Gasteiger charge is -2.27. The van der Waals surface area contributed by atoms with E-state index < -0.39 is 17.4 Å². The van der Waals surface area contributed by atoms with Crippen LogP contribution in [-0.2, 0) is 14.3 Å². The fourth-order valence-corrected chi connectivity index (χ4v) is 3.54. The summed E-state index contributed by atoms with van der Waals surface area (Å²) in [4.78, 5) is 25.6. The van der Waals surface area contributed by atoms with Crippen LogP contribution in [0.25, 0.3) is 0 Å². The Kier molecular flexibility index (Phi) is 12.3. The molecular weight excluding hydrogens is 411 g/mol. The number of carbonyl (C=O) groups is 2. The van der Waals surface area contributed by atoms with Crippen LogP contribution >= 0.6 is 23.2 Å². The van der Waals surface area contributed by atoms with Crippen molar-refractivity contribution in [3.63, 3.8) is 0 Å². The number of hydrogen-bond donors (Lipinski definition) is 0. The first-order chi connectivity index (χ1) is 13.9. The van der Waals surface area contributed by atoms with Crippen molar-refractivity contribution in [3.8, 4) is 5.75 Å². The largest absolute Gasteiger partial charge is 0.465 e. The molecule has 0 saturated carbocycles. The molecule has 0 aliphatic heterocycles. The predicted octanol–water partition coefficient (Wildman–Crippen LogP) is 7.39. The van der Waals surface area contributed by atoms with Gasteiger partial charge in [-0.2, -0.15) is 0 Å². The van der Waals surface area contributed by atoms with E-state index >= 15 is 0 Å². The molecule has 29 heavy (non-hydrogen) atoms. The molecule has 0 heterocycles. The van der Waals surface area contributed by atoms with Crippen molar-refractivity contribution in [3.05, 3.63) is 28.2 Å². The summed E-state index contributed by atoms with van der Waals surface area (Å²) >= 11 is 12.1. The molecule has 0 radical (unpaired) electrons. The molecule has 6 heteroatoms. The number of carbonyl (C=O) groups excluding carboxylic acids is 2. The first kappa shape index (κ1) is 25.8. The Morgan fingerprint density at radius 1 is 0.862 bits per heavy atom. The number of benzene rings is 1. The van der Waals surface area contributed by atoms with Crippen molar-refractivity contribution < 1.29 is 19.1 Å². The van der Waals surface area contributed by atoms with Gasteiger partial charge in [-0.05, 0) is 31.4 Å². The standard InChI is InChI=1S/C23H34Cl2O4/c1-4-7-8-9-10-11-12-13-17-28-21(26)23(5-2,6-3)22(27)29-19-16-14-15-18(24)20(19)25/h14-16H,4-13,17H2,1-3H3. The van der Waals surface area contributed by atoms with Gasteiger partial charge in [0.25, 0.3) is 0 Å². The highest BCUT2D eigenvalue weighted by Crippen LogP contribution is 2.35. The second kappa shape index (κ2) is 13.9. The van der Waals surface area contributed by atoms with Gasteiger partial charge in [0.2, 0.25) is 0 Å². The zero-order chi connectivity index (χ0) is 21.7. The van der Waals surface area contributed by atoms with Crippen molar-refractivity contribution >= 4 is 35.1 Å². The van der Waals surface area contributed by atoms with Crippen LogP contribution in [0.1, 0.15) is 85.0 Å². The van der Waals surface area contributed by atoms with Crippen LogP contribution in [0.5, 0.6) is 5.75 Å². The minimum Gasteiger partial charge on any atom is -0.465 e. The Hall–Kier alpha value is -1.26. The summed E-state index contributed by atoms with van der Waals surface area (Å²) < 4.78 is 10.9. The molecule has 0 fully saturated rings. The van der Waals surface area contributed by atoms with Gasteiger partial charge in [-0.15, -0.1) is 0 Å². The van der Waals surface area contributed by atoms with E-state index in [4.69, 9.17) is 32.7 Å². The smallest absolute Gasteiger partial charge is 0.328 e. The van der Waals surface area contributed by atoms with Crippen LogP contribution < -0.4 is 4.74 Å². The first-order valence-corrected chi connectivity index (χ1v) is 11.5. The number of ether oxygens (including phenoxy) is 2. The minimum absolute atomic E-state index is 0.145. The highest BCUT2D eigenvalue weighted by atomic mass is 35.5. The predicted molar refractivity (Wildman–Crippen MR) is 119 cm³/mol. The molecule has 4 nitrogen and oxygen atoms in total. The quantitative estimate of drug-likeness (QED) is 0.130. The maximum atomic E-state index is 12.8. The van der Waals surface area contributed by atoms with E-state index in [2.05, 4.69) is 6.92 Å². The molecule has 0 amide bonds. The summed E-state index contributed by atoms with van der Waals surface area (Å²) in [7, 11) is 0. The fraction of sp³-hybridized carbons (Fsp3) is 0.652. The van der Waals surface area contributed by atoms with Gasteiger partial charge in [0.05, 0.1) is 11.6 Å². The molecule has 0 spiro atoms.